The lowest BCUT2D eigenvalue weighted by Gasteiger charge is -2.08. The van der Waals surface area contributed by atoms with Crippen molar-refractivity contribution in [2.45, 2.75) is 23.7 Å². The second-order valence-electron chi connectivity index (χ2n) is 6.11. The van der Waals surface area contributed by atoms with Crippen molar-refractivity contribution < 1.29 is 27.8 Å². The second-order valence-corrected chi connectivity index (χ2v) is 8.27. The standard InChI is InChI=1S/C20H16F3NO3S2/c1-12-8-15(6-7-17(12)27-10-18(25)26)28-11-16-9-24-19(29-16)13-2-4-14(5-3-13)20(21,22)23/h2-9H,10-11H2,1H3,(H,25,26). The Morgan fingerprint density at radius 3 is 2.55 bits per heavy atom. The van der Waals surface area contributed by atoms with Crippen LogP contribution in [0.4, 0.5) is 13.2 Å². The summed E-state index contributed by atoms with van der Waals surface area (Å²) in [5.74, 6) is 0.156. The molecule has 0 saturated heterocycles. The maximum Gasteiger partial charge on any atom is 0.416 e. The van der Waals surface area contributed by atoms with Gasteiger partial charge in [-0.3, -0.25) is 0 Å². The predicted molar refractivity (Wildman–Crippen MR) is 106 cm³/mol. The second kappa shape index (κ2) is 8.87. The van der Waals surface area contributed by atoms with Gasteiger partial charge >= 0.3 is 12.1 Å². The number of aryl methyl sites for hydroxylation is 1. The zero-order valence-electron chi connectivity index (χ0n) is 15.2. The first-order valence-corrected chi connectivity index (χ1v) is 10.2. The van der Waals surface area contributed by atoms with Crippen LogP contribution in [0.5, 0.6) is 5.75 Å². The lowest BCUT2D eigenvalue weighted by atomic mass is 10.1. The molecule has 0 atom stereocenters. The molecule has 1 heterocycles. The number of carboxylic acid groups (broad SMARTS) is 1. The number of benzene rings is 2. The van der Waals surface area contributed by atoms with Crippen LogP contribution in [-0.2, 0) is 16.7 Å². The minimum Gasteiger partial charge on any atom is -0.482 e. The number of alkyl halides is 3. The summed E-state index contributed by atoms with van der Waals surface area (Å²) >= 11 is 3.02. The average Bonchev–Trinajstić information content (AvgIpc) is 3.14. The van der Waals surface area contributed by atoms with E-state index in [2.05, 4.69) is 4.98 Å². The number of thioether (sulfide) groups is 1. The first-order chi connectivity index (χ1) is 13.7. The Bertz CT molecular complexity index is 1000. The Balaban J connectivity index is 1.62. The first kappa shape index (κ1) is 21.2. The van der Waals surface area contributed by atoms with Crippen LogP contribution >= 0.6 is 23.1 Å². The number of carbonyl (C=O) groups is 1. The van der Waals surface area contributed by atoms with Gasteiger partial charge in [-0.15, -0.1) is 23.1 Å². The van der Waals surface area contributed by atoms with Crippen molar-refractivity contribution in [3.8, 4) is 16.3 Å². The molecule has 0 aliphatic heterocycles. The van der Waals surface area contributed by atoms with Crippen molar-refractivity contribution in [1.29, 1.82) is 0 Å². The normalized spacial score (nSPS) is 11.4. The van der Waals surface area contributed by atoms with Gasteiger partial charge in [-0.1, -0.05) is 12.1 Å². The highest BCUT2D eigenvalue weighted by atomic mass is 32.2. The van der Waals surface area contributed by atoms with Gasteiger partial charge in [-0.25, -0.2) is 9.78 Å². The summed E-state index contributed by atoms with van der Waals surface area (Å²) in [7, 11) is 0. The molecule has 29 heavy (non-hydrogen) atoms. The number of hydrogen-bond acceptors (Lipinski definition) is 5. The lowest BCUT2D eigenvalue weighted by Crippen LogP contribution is -2.09. The average molecular weight is 439 g/mol. The lowest BCUT2D eigenvalue weighted by molar-refractivity contribution is -0.139. The fraction of sp³-hybridized carbons (Fsp3) is 0.200. The van der Waals surface area contributed by atoms with E-state index in [9.17, 15) is 18.0 Å². The van der Waals surface area contributed by atoms with Crippen molar-refractivity contribution in [2.24, 2.45) is 0 Å². The summed E-state index contributed by atoms with van der Waals surface area (Å²) < 4.78 is 43.2. The fourth-order valence-electron chi connectivity index (χ4n) is 2.48. The van der Waals surface area contributed by atoms with Gasteiger partial charge in [0.05, 0.1) is 5.56 Å². The molecule has 0 fully saturated rings. The van der Waals surface area contributed by atoms with Crippen molar-refractivity contribution in [1.82, 2.24) is 4.98 Å². The molecule has 3 aromatic rings. The molecule has 1 aromatic heterocycles. The maximum atomic E-state index is 12.7. The smallest absolute Gasteiger partial charge is 0.416 e. The molecule has 152 valence electrons. The molecular formula is C20H16F3NO3S2. The van der Waals surface area contributed by atoms with Crippen molar-refractivity contribution in [3.63, 3.8) is 0 Å². The Morgan fingerprint density at radius 2 is 1.93 bits per heavy atom. The van der Waals surface area contributed by atoms with E-state index in [4.69, 9.17) is 9.84 Å². The van der Waals surface area contributed by atoms with E-state index >= 15 is 0 Å². The van der Waals surface area contributed by atoms with E-state index in [0.29, 0.717) is 22.1 Å². The number of aromatic nitrogens is 1. The molecule has 9 heteroatoms. The van der Waals surface area contributed by atoms with Gasteiger partial charge in [-0.05, 0) is 42.8 Å². The Kier molecular flexibility index (Phi) is 6.49. The Morgan fingerprint density at radius 1 is 1.21 bits per heavy atom. The molecule has 0 spiro atoms. The molecule has 0 amide bonds. The fourth-order valence-corrected chi connectivity index (χ4v) is 4.41. The van der Waals surface area contributed by atoms with Crippen LogP contribution in [0.3, 0.4) is 0 Å². The summed E-state index contributed by atoms with van der Waals surface area (Å²) in [5, 5.41) is 9.35. The zero-order chi connectivity index (χ0) is 21.0. The summed E-state index contributed by atoms with van der Waals surface area (Å²) in [5.41, 5.74) is 0.806. The molecule has 0 saturated carbocycles. The molecule has 4 nitrogen and oxygen atoms in total. The number of nitrogens with zero attached hydrogens (tertiary/aromatic N) is 1. The molecule has 0 aliphatic rings. The van der Waals surface area contributed by atoms with E-state index in [1.54, 1.807) is 24.0 Å². The summed E-state index contributed by atoms with van der Waals surface area (Å²) in [6.07, 6.45) is -2.63. The Labute approximate surface area is 173 Å². The third-order valence-corrected chi connectivity index (χ3v) is 6.16. The number of hydrogen-bond donors (Lipinski definition) is 1. The highest BCUT2D eigenvalue weighted by molar-refractivity contribution is 7.98. The van der Waals surface area contributed by atoms with Gasteiger partial charge in [0.2, 0.25) is 0 Å². The predicted octanol–water partition coefficient (Wildman–Crippen LogP) is 5.89. The maximum absolute atomic E-state index is 12.7. The molecule has 3 rings (SSSR count). The zero-order valence-corrected chi connectivity index (χ0v) is 16.8. The Hall–Kier alpha value is -2.52. The highest BCUT2D eigenvalue weighted by Crippen LogP contribution is 2.34. The molecule has 0 radical (unpaired) electrons. The minimum absolute atomic E-state index is 0.388. The number of rotatable bonds is 7. The highest BCUT2D eigenvalue weighted by Gasteiger charge is 2.30. The van der Waals surface area contributed by atoms with Crippen LogP contribution in [0.25, 0.3) is 10.6 Å². The SMILES string of the molecule is Cc1cc(SCc2cnc(-c3ccc(C(F)(F)F)cc3)s2)ccc1OCC(=O)O. The van der Waals surface area contributed by atoms with Crippen molar-refractivity contribution in [2.75, 3.05) is 6.61 Å². The number of halogens is 3. The van der Waals surface area contributed by atoms with Gasteiger partial charge < -0.3 is 9.84 Å². The van der Waals surface area contributed by atoms with Crippen LogP contribution in [0.15, 0.2) is 53.6 Å². The third kappa shape index (κ3) is 5.74. The quantitative estimate of drug-likeness (QED) is 0.465. The third-order valence-electron chi connectivity index (χ3n) is 3.89. The minimum atomic E-state index is -4.35. The molecular weight excluding hydrogens is 423 g/mol. The summed E-state index contributed by atoms with van der Waals surface area (Å²) in [6.45, 7) is 1.46. The molecule has 0 unspecified atom stereocenters. The van der Waals surface area contributed by atoms with Gasteiger partial charge in [0, 0.05) is 27.3 Å². The van der Waals surface area contributed by atoms with Crippen molar-refractivity contribution in [3.05, 3.63) is 64.7 Å². The van der Waals surface area contributed by atoms with Gasteiger partial charge in [0.1, 0.15) is 10.8 Å². The van der Waals surface area contributed by atoms with E-state index in [1.807, 2.05) is 19.1 Å². The van der Waals surface area contributed by atoms with Gasteiger partial charge in [0.15, 0.2) is 6.61 Å². The number of aliphatic carboxylic acids is 1. The molecule has 2 aromatic carbocycles. The van der Waals surface area contributed by atoms with Crippen LogP contribution in [0.2, 0.25) is 0 Å². The van der Waals surface area contributed by atoms with Crippen LogP contribution in [0.1, 0.15) is 16.0 Å². The molecule has 0 bridgehead atoms. The number of thiazole rings is 1. The van der Waals surface area contributed by atoms with E-state index in [1.165, 1.54) is 23.5 Å². The van der Waals surface area contributed by atoms with Gasteiger partial charge in [0.25, 0.3) is 0 Å². The van der Waals surface area contributed by atoms with Crippen LogP contribution in [0, 0.1) is 6.92 Å². The monoisotopic (exact) mass is 439 g/mol. The summed E-state index contributed by atoms with van der Waals surface area (Å²) in [4.78, 5) is 16.9. The van der Waals surface area contributed by atoms with Crippen molar-refractivity contribution >= 4 is 29.1 Å². The van der Waals surface area contributed by atoms with E-state index in [-0.39, 0.29) is 6.61 Å². The van der Waals surface area contributed by atoms with E-state index < -0.39 is 17.7 Å². The number of ether oxygens (including phenoxy) is 1. The van der Waals surface area contributed by atoms with Crippen LogP contribution in [-0.4, -0.2) is 22.7 Å². The number of carboxylic acids is 1. The van der Waals surface area contributed by atoms with E-state index in [0.717, 1.165) is 27.5 Å². The largest absolute Gasteiger partial charge is 0.482 e. The molecule has 1 N–H and O–H groups in total. The summed E-state index contributed by atoms with van der Waals surface area (Å²) in [6, 6.07) is 10.5. The topological polar surface area (TPSA) is 59.4 Å². The van der Waals surface area contributed by atoms with Gasteiger partial charge in [-0.2, -0.15) is 13.2 Å². The molecule has 0 aliphatic carbocycles. The first-order valence-electron chi connectivity index (χ1n) is 8.43. The van der Waals surface area contributed by atoms with Crippen LogP contribution < -0.4 is 4.74 Å².